The van der Waals surface area contributed by atoms with Crippen molar-refractivity contribution in [3.63, 3.8) is 0 Å². The lowest BCUT2D eigenvalue weighted by Crippen LogP contribution is -2.14. The zero-order chi connectivity index (χ0) is 22.7. The second-order valence-electron chi connectivity index (χ2n) is 9.04. The van der Waals surface area contributed by atoms with Crippen molar-refractivity contribution in [2.45, 2.75) is 70.6 Å². The van der Waals surface area contributed by atoms with Gasteiger partial charge in [0.1, 0.15) is 5.76 Å². The molecule has 32 heavy (non-hydrogen) atoms. The summed E-state index contributed by atoms with van der Waals surface area (Å²) in [5.74, 6) is -2.67. The van der Waals surface area contributed by atoms with Crippen LogP contribution in [0.5, 0.6) is 0 Å². The van der Waals surface area contributed by atoms with Crippen LogP contribution in [-0.2, 0) is 11.2 Å². The second kappa shape index (κ2) is 9.93. The van der Waals surface area contributed by atoms with Crippen LogP contribution in [0.1, 0.15) is 91.3 Å². The Balaban J connectivity index is 1.38. The smallest absolute Gasteiger partial charge is 0.343 e. The summed E-state index contributed by atoms with van der Waals surface area (Å²) >= 11 is 0. The number of halogens is 3. The summed E-state index contributed by atoms with van der Waals surface area (Å²) < 4.78 is 46.3. The summed E-state index contributed by atoms with van der Waals surface area (Å²) in [7, 11) is 0. The van der Waals surface area contributed by atoms with Crippen LogP contribution >= 0.6 is 0 Å². The molecule has 0 unspecified atom stereocenters. The fourth-order valence-corrected chi connectivity index (χ4v) is 4.95. The Bertz CT molecular complexity index is 1000. The van der Waals surface area contributed by atoms with Crippen molar-refractivity contribution >= 4 is 12.0 Å². The van der Waals surface area contributed by atoms with Crippen LogP contribution < -0.4 is 0 Å². The Hall–Kier alpha value is -2.56. The Kier molecular flexibility index (Phi) is 7.02. The summed E-state index contributed by atoms with van der Waals surface area (Å²) in [6.07, 6.45) is 10.6. The minimum atomic E-state index is -1.47. The van der Waals surface area contributed by atoms with Crippen molar-refractivity contribution in [2.75, 3.05) is 0 Å². The normalized spacial score (nSPS) is 20.4. The van der Waals surface area contributed by atoms with Crippen molar-refractivity contribution in [1.29, 1.82) is 0 Å². The van der Waals surface area contributed by atoms with Gasteiger partial charge in [-0.1, -0.05) is 38.3 Å². The van der Waals surface area contributed by atoms with Gasteiger partial charge in [0.05, 0.1) is 5.56 Å². The lowest BCUT2D eigenvalue weighted by atomic mass is 9.77. The zero-order valence-corrected chi connectivity index (χ0v) is 18.4. The number of hydrogen-bond donors (Lipinski definition) is 0. The summed E-state index contributed by atoms with van der Waals surface area (Å²) in [5, 5.41) is 0. The van der Waals surface area contributed by atoms with E-state index in [1.807, 2.05) is 12.1 Å². The Morgan fingerprint density at radius 1 is 1.00 bits per heavy atom. The third-order valence-corrected chi connectivity index (χ3v) is 6.89. The molecule has 4 rings (SSSR count). The van der Waals surface area contributed by atoms with Crippen LogP contribution in [0.3, 0.4) is 0 Å². The highest BCUT2D eigenvalue weighted by atomic mass is 19.2. The summed E-state index contributed by atoms with van der Waals surface area (Å²) in [4.78, 5) is 12.6. The third-order valence-electron chi connectivity index (χ3n) is 6.89. The number of benzene rings is 2. The van der Waals surface area contributed by atoms with Gasteiger partial charge in [-0.2, -0.15) is 0 Å². The van der Waals surface area contributed by atoms with E-state index in [1.165, 1.54) is 56.6 Å². The molecule has 1 fully saturated rings. The molecule has 2 aromatic rings. The molecule has 0 bridgehead atoms. The van der Waals surface area contributed by atoms with Gasteiger partial charge in [-0.15, -0.1) is 0 Å². The highest BCUT2D eigenvalue weighted by Crippen LogP contribution is 2.38. The van der Waals surface area contributed by atoms with E-state index in [2.05, 4.69) is 6.92 Å². The van der Waals surface area contributed by atoms with Gasteiger partial charge < -0.3 is 4.74 Å². The van der Waals surface area contributed by atoms with Crippen LogP contribution in [0.4, 0.5) is 13.2 Å². The minimum absolute atomic E-state index is 0.109. The van der Waals surface area contributed by atoms with E-state index < -0.39 is 23.4 Å². The second-order valence-corrected chi connectivity index (χ2v) is 9.04. The fraction of sp³-hybridized carbons (Fsp3) is 0.444. The molecule has 0 amide bonds. The standard InChI is InChI=1S/C27H29F3O2/c1-2-3-4-17-5-7-18(8-6-17)19-9-11-20(12-10-19)27(31)32-22-13-14-23-21(15-22)16-24(28)26(30)25(23)29/h9-12,15-18H,2-8,13-14H2,1H3. The molecule has 2 aliphatic carbocycles. The molecule has 0 atom stereocenters. The highest BCUT2D eigenvalue weighted by Gasteiger charge is 2.24. The van der Waals surface area contributed by atoms with E-state index in [1.54, 1.807) is 12.1 Å². The van der Waals surface area contributed by atoms with Crippen molar-refractivity contribution < 1.29 is 22.7 Å². The average molecular weight is 443 g/mol. The highest BCUT2D eigenvalue weighted by molar-refractivity contribution is 5.90. The molecule has 2 nitrogen and oxygen atoms in total. The van der Waals surface area contributed by atoms with Gasteiger partial charge in [-0.3, -0.25) is 0 Å². The maximum Gasteiger partial charge on any atom is 0.343 e. The number of hydrogen-bond acceptors (Lipinski definition) is 2. The summed E-state index contributed by atoms with van der Waals surface area (Å²) in [5.41, 5.74) is 2.01. The molecule has 0 aliphatic heterocycles. The van der Waals surface area contributed by atoms with Crippen molar-refractivity contribution in [3.8, 4) is 0 Å². The topological polar surface area (TPSA) is 26.3 Å². The van der Waals surface area contributed by atoms with E-state index >= 15 is 0 Å². The van der Waals surface area contributed by atoms with Crippen LogP contribution in [0.2, 0.25) is 0 Å². The molecular weight excluding hydrogens is 413 g/mol. The largest absolute Gasteiger partial charge is 0.427 e. The van der Waals surface area contributed by atoms with Gasteiger partial charge in [0.15, 0.2) is 17.5 Å². The van der Waals surface area contributed by atoms with Crippen LogP contribution in [0.25, 0.3) is 6.08 Å². The number of carbonyl (C=O) groups is 1. The van der Waals surface area contributed by atoms with Crippen LogP contribution in [0, 0.1) is 23.4 Å². The van der Waals surface area contributed by atoms with Crippen molar-refractivity contribution in [1.82, 2.24) is 0 Å². The number of esters is 1. The molecule has 170 valence electrons. The van der Waals surface area contributed by atoms with Gasteiger partial charge in [-0.05, 0) is 84.9 Å². The van der Waals surface area contributed by atoms with E-state index in [4.69, 9.17) is 4.74 Å². The molecule has 0 aromatic heterocycles. The number of carbonyl (C=O) groups excluding carboxylic acids is 1. The van der Waals surface area contributed by atoms with Crippen LogP contribution in [0.15, 0.2) is 36.1 Å². The molecule has 0 saturated heterocycles. The van der Waals surface area contributed by atoms with E-state index in [0.29, 0.717) is 17.2 Å². The van der Waals surface area contributed by atoms with Gasteiger partial charge in [0.25, 0.3) is 0 Å². The van der Waals surface area contributed by atoms with Gasteiger partial charge >= 0.3 is 5.97 Å². The fourth-order valence-electron chi connectivity index (χ4n) is 4.95. The predicted octanol–water partition coefficient (Wildman–Crippen LogP) is 7.71. The molecular formula is C27H29F3O2. The van der Waals surface area contributed by atoms with Crippen molar-refractivity contribution in [3.05, 3.63) is 75.8 Å². The number of unbranched alkanes of at least 4 members (excludes halogenated alkanes) is 1. The predicted molar refractivity (Wildman–Crippen MR) is 119 cm³/mol. The van der Waals surface area contributed by atoms with Gasteiger partial charge in [-0.25, -0.2) is 18.0 Å². The minimum Gasteiger partial charge on any atom is -0.427 e. The van der Waals surface area contributed by atoms with Gasteiger partial charge in [0.2, 0.25) is 0 Å². The number of rotatable bonds is 6. The number of ether oxygens (including phenoxy) is 1. The maximum absolute atomic E-state index is 13.9. The van der Waals surface area contributed by atoms with E-state index in [9.17, 15) is 18.0 Å². The summed E-state index contributed by atoms with van der Waals surface area (Å²) in [6, 6.07) is 8.52. The monoisotopic (exact) mass is 442 g/mol. The van der Waals surface area contributed by atoms with Gasteiger partial charge in [0, 0.05) is 6.42 Å². The molecule has 0 N–H and O–H groups in total. The molecule has 5 heteroatoms. The average Bonchev–Trinajstić information content (AvgIpc) is 2.81. The Morgan fingerprint density at radius 3 is 2.41 bits per heavy atom. The first-order valence-electron chi connectivity index (χ1n) is 11.6. The Morgan fingerprint density at radius 2 is 1.72 bits per heavy atom. The van der Waals surface area contributed by atoms with Crippen LogP contribution in [-0.4, -0.2) is 5.97 Å². The molecule has 2 aliphatic rings. The van der Waals surface area contributed by atoms with E-state index in [0.717, 1.165) is 12.0 Å². The van der Waals surface area contributed by atoms with E-state index in [-0.39, 0.29) is 24.0 Å². The quantitative estimate of drug-likeness (QED) is 0.338. The third kappa shape index (κ3) is 4.92. The van der Waals surface area contributed by atoms with Crippen molar-refractivity contribution in [2.24, 2.45) is 5.92 Å². The first-order chi connectivity index (χ1) is 15.5. The lowest BCUT2D eigenvalue weighted by Gasteiger charge is -2.28. The lowest BCUT2D eigenvalue weighted by molar-refractivity contribution is 0.0617. The molecule has 0 heterocycles. The first kappa shape index (κ1) is 22.6. The number of allylic oxidation sites excluding steroid dienone is 1. The Labute approximate surface area is 187 Å². The maximum atomic E-state index is 13.9. The zero-order valence-electron chi connectivity index (χ0n) is 18.4. The summed E-state index contributed by atoms with van der Waals surface area (Å²) in [6.45, 7) is 2.24. The SMILES string of the molecule is CCCCC1CCC(c2ccc(C(=O)OC3=Cc4cc(F)c(F)c(F)c4CC3)cc2)CC1. The molecule has 0 radical (unpaired) electrons. The molecule has 1 saturated carbocycles. The molecule has 0 spiro atoms. The first-order valence-corrected chi connectivity index (χ1v) is 11.6. The number of fused-ring (bicyclic) bond motifs is 1. The molecule has 2 aromatic carbocycles.